The smallest absolute Gasteiger partial charge is 0.123 e. The Morgan fingerprint density at radius 2 is 1.74 bits per heavy atom. The summed E-state index contributed by atoms with van der Waals surface area (Å²) in [4.78, 5) is 2.23. The van der Waals surface area contributed by atoms with Gasteiger partial charge in [0, 0.05) is 12.6 Å². The fraction of sp³-hybridized carbons (Fsp3) is 0.625. The molecule has 0 heterocycles. The van der Waals surface area contributed by atoms with Crippen LogP contribution in [0, 0.1) is 17.7 Å². The van der Waals surface area contributed by atoms with Crippen LogP contribution < -0.4 is 0 Å². The molecule has 1 fully saturated rings. The first kappa shape index (κ1) is 14.5. The first-order valence-corrected chi connectivity index (χ1v) is 7.14. The first-order chi connectivity index (χ1) is 9.11. The van der Waals surface area contributed by atoms with E-state index in [-0.39, 0.29) is 5.82 Å². The van der Waals surface area contributed by atoms with Crippen LogP contribution in [0.3, 0.4) is 0 Å². The van der Waals surface area contributed by atoms with Gasteiger partial charge in [-0.1, -0.05) is 12.1 Å². The molecule has 3 heteroatoms. The van der Waals surface area contributed by atoms with Gasteiger partial charge in [0.25, 0.3) is 0 Å². The van der Waals surface area contributed by atoms with Crippen molar-refractivity contribution in [3.63, 3.8) is 0 Å². The Bertz CT molecular complexity index is 382. The molecule has 1 aromatic carbocycles. The molecule has 0 bridgehead atoms. The van der Waals surface area contributed by atoms with Crippen molar-refractivity contribution >= 4 is 0 Å². The molecule has 1 atom stereocenters. The minimum Gasteiger partial charge on any atom is -0.396 e. The van der Waals surface area contributed by atoms with Crippen molar-refractivity contribution in [2.75, 3.05) is 20.7 Å². The molecule has 1 unspecified atom stereocenters. The molecule has 1 saturated carbocycles. The second kappa shape index (κ2) is 6.49. The molecule has 0 saturated heterocycles. The zero-order valence-corrected chi connectivity index (χ0v) is 11.8. The molecule has 1 aromatic rings. The highest BCUT2D eigenvalue weighted by Gasteiger charge is 2.29. The molecule has 1 aliphatic rings. The summed E-state index contributed by atoms with van der Waals surface area (Å²) in [5.41, 5.74) is 1.19. The predicted molar refractivity (Wildman–Crippen MR) is 75.4 cm³/mol. The highest BCUT2D eigenvalue weighted by atomic mass is 19.1. The van der Waals surface area contributed by atoms with Gasteiger partial charge in [-0.05, 0) is 69.3 Å². The second-order valence-corrected chi connectivity index (χ2v) is 5.92. The van der Waals surface area contributed by atoms with Gasteiger partial charge in [0.2, 0.25) is 0 Å². The van der Waals surface area contributed by atoms with Gasteiger partial charge in [-0.3, -0.25) is 0 Å². The topological polar surface area (TPSA) is 23.5 Å². The van der Waals surface area contributed by atoms with E-state index in [4.69, 9.17) is 0 Å². The van der Waals surface area contributed by atoms with Crippen LogP contribution in [-0.4, -0.2) is 30.7 Å². The summed E-state index contributed by atoms with van der Waals surface area (Å²) in [5.74, 6) is 0.904. The van der Waals surface area contributed by atoms with Crippen molar-refractivity contribution in [3.8, 4) is 0 Å². The van der Waals surface area contributed by atoms with Crippen LogP contribution in [-0.2, 0) is 0 Å². The number of hydrogen-bond donors (Lipinski definition) is 1. The Morgan fingerprint density at radius 1 is 1.16 bits per heavy atom. The maximum atomic E-state index is 13.0. The third-order valence-electron chi connectivity index (χ3n) is 4.36. The van der Waals surface area contributed by atoms with Gasteiger partial charge in [0.15, 0.2) is 0 Å². The number of benzene rings is 1. The van der Waals surface area contributed by atoms with Crippen molar-refractivity contribution in [2.24, 2.45) is 11.8 Å². The average Bonchev–Trinajstić information content (AvgIpc) is 2.42. The minimum absolute atomic E-state index is 0.176. The van der Waals surface area contributed by atoms with Gasteiger partial charge in [0.1, 0.15) is 5.82 Å². The maximum absolute atomic E-state index is 13.0. The van der Waals surface area contributed by atoms with E-state index in [1.54, 1.807) is 12.1 Å². The normalized spacial score (nSPS) is 25.5. The van der Waals surface area contributed by atoms with Crippen LogP contribution in [0.25, 0.3) is 0 Å². The zero-order chi connectivity index (χ0) is 13.8. The van der Waals surface area contributed by atoms with Gasteiger partial charge in [-0.2, -0.15) is 0 Å². The van der Waals surface area contributed by atoms with Crippen LogP contribution in [0.5, 0.6) is 0 Å². The third kappa shape index (κ3) is 3.54. The molecule has 1 N–H and O–H groups in total. The van der Waals surface area contributed by atoms with Crippen LogP contribution in [0.15, 0.2) is 24.3 Å². The maximum Gasteiger partial charge on any atom is 0.123 e. The lowest BCUT2D eigenvalue weighted by Crippen LogP contribution is -2.31. The quantitative estimate of drug-likeness (QED) is 0.903. The molecule has 2 nitrogen and oxygen atoms in total. The van der Waals surface area contributed by atoms with Gasteiger partial charge >= 0.3 is 0 Å². The molecule has 0 aliphatic heterocycles. The van der Waals surface area contributed by atoms with Gasteiger partial charge in [-0.25, -0.2) is 4.39 Å². The van der Waals surface area contributed by atoms with E-state index in [1.807, 2.05) is 12.1 Å². The molecule has 0 spiro atoms. The number of aliphatic hydroxyl groups excluding tert-OH is 1. The van der Waals surface area contributed by atoms with Crippen LogP contribution in [0.4, 0.5) is 4.39 Å². The monoisotopic (exact) mass is 265 g/mol. The summed E-state index contributed by atoms with van der Waals surface area (Å²) >= 11 is 0. The van der Waals surface area contributed by atoms with Crippen molar-refractivity contribution in [1.29, 1.82) is 0 Å². The Kier molecular flexibility index (Phi) is 4.94. The largest absolute Gasteiger partial charge is 0.396 e. The summed E-state index contributed by atoms with van der Waals surface area (Å²) in [7, 11) is 4.18. The van der Waals surface area contributed by atoms with Crippen LogP contribution in [0.1, 0.15) is 37.3 Å². The molecular formula is C16H24FNO. The lowest BCUT2D eigenvalue weighted by atomic mass is 9.76. The van der Waals surface area contributed by atoms with E-state index in [2.05, 4.69) is 19.0 Å². The molecule has 0 aromatic heterocycles. The van der Waals surface area contributed by atoms with E-state index in [0.29, 0.717) is 24.5 Å². The lowest BCUT2D eigenvalue weighted by Gasteiger charge is -2.37. The van der Waals surface area contributed by atoms with Crippen molar-refractivity contribution < 1.29 is 9.50 Å². The summed E-state index contributed by atoms with van der Waals surface area (Å²) in [5, 5.41) is 9.22. The highest BCUT2D eigenvalue weighted by Crippen LogP contribution is 2.39. The van der Waals surface area contributed by atoms with E-state index in [1.165, 1.54) is 5.56 Å². The third-order valence-corrected chi connectivity index (χ3v) is 4.36. The molecule has 0 amide bonds. The predicted octanol–water partition coefficient (Wildman–Crippen LogP) is 3.23. The molecule has 106 valence electrons. The fourth-order valence-electron chi connectivity index (χ4n) is 3.34. The Labute approximate surface area is 115 Å². The van der Waals surface area contributed by atoms with Gasteiger partial charge < -0.3 is 10.0 Å². The minimum atomic E-state index is -0.176. The first-order valence-electron chi connectivity index (χ1n) is 7.14. The molecular weight excluding hydrogens is 241 g/mol. The van der Waals surface area contributed by atoms with E-state index in [0.717, 1.165) is 25.7 Å². The standard InChI is InChI=1S/C16H24FNO/c1-18(2)16(14-7-9-15(17)10-8-14)13-5-3-12(11-19)4-6-13/h7-10,12-13,16,19H,3-6,11H2,1-2H3. The second-order valence-electron chi connectivity index (χ2n) is 5.92. The van der Waals surface area contributed by atoms with Crippen LogP contribution >= 0.6 is 0 Å². The van der Waals surface area contributed by atoms with Crippen molar-refractivity contribution in [3.05, 3.63) is 35.6 Å². The van der Waals surface area contributed by atoms with E-state index in [9.17, 15) is 9.50 Å². The number of hydrogen-bond acceptors (Lipinski definition) is 2. The summed E-state index contributed by atoms with van der Waals surface area (Å²) in [6, 6.07) is 7.24. The number of halogens is 1. The Morgan fingerprint density at radius 3 is 2.21 bits per heavy atom. The van der Waals surface area contributed by atoms with Gasteiger partial charge in [0.05, 0.1) is 0 Å². The number of aliphatic hydroxyl groups is 1. The zero-order valence-electron chi connectivity index (χ0n) is 11.8. The van der Waals surface area contributed by atoms with E-state index >= 15 is 0 Å². The summed E-state index contributed by atoms with van der Waals surface area (Å²) in [6.45, 7) is 0.315. The fourth-order valence-corrected chi connectivity index (χ4v) is 3.34. The Hall–Kier alpha value is -0.930. The van der Waals surface area contributed by atoms with Crippen molar-refractivity contribution in [1.82, 2.24) is 4.90 Å². The lowest BCUT2D eigenvalue weighted by molar-refractivity contribution is 0.118. The van der Waals surface area contributed by atoms with Gasteiger partial charge in [-0.15, -0.1) is 0 Å². The average molecular weight is 265 g/mol. The Balaban J connectivity index is 2.10. The number of nitrogens with zero attached hydrogens (tertiary/aromatic N) is 1. The van der Waals surface area contributed by atoms with E-state index < -0.39 is 0 Å². The van der Waals surface area contributed by atoms with Crippen molar-refractivity contribution in [2.45, 2.75) is 31.7 Å². The highest BCUT2D eigenvalue weighted by molar-refractivity contribution is 5.21. The molecule has 1 aliphatic carbocycles. The SMILES string of the molecule is CN(C)C(c1ccc(F)cc1)C1CCC(CO)CC1. The molecule has 2 rings (SSSR count). The van der Waals surface area contributed by atoms with Crippen LogP contribution in [0.2, 0.25) is 0 Å². The summed E-state index contributed by atoms with van der Waals surface area (Å²) in [6.07, 6.45) is 4.50. The molecule has 0 radical (unpaired) electrons. The number of rotatable bonds is 4. The molecule has 19 heavy (non-hydrogen) atoms. The summed E-state index contributed by atoms with van der Waals surface area (Å²) < 4.78 is 13.0.